The predicted octanol–water partition coefficient (Wildman–Crippen LogP) is 4.19. The van der Waals surface area contributed by atoms with Crippen LogP contribution in [0.25, 0.3) is 0 Å². The molecule has 0 saturated heterocycles. The normalized spacial score (nSPS) is 10.9. The fraction of sp³-hybridized carbons (Fsp3) is 0.471. The van der Waals surface area contributed by atoms with Gasteiger partial charge in [-0.25, -0.2) is 4.98 Å². The Bertz CT molecular complexity index is 505. The molecule has 1 aromatic carbocycles. The summed E-state index contributed by atoms with van der Waals surface area (Å²) in [5, 5.41) is 4.76. The van der Waals surface area contributed by atoms with Gasteiger partial charge in [-0.05, 0) is 24.9 Å². The van der Waals surface area contributed by atoms with Gasteiger partial charge in [0.25, 0.3) is 0 Å². The summed E-state index contributed by atoms with van der Waals surface area (Å²) in [5.41, 5.74) is 2.61. The van der Waals surface area contributed by atoms with Gasteiger partial charge in [0.15, 0.2) is 0 Å². The number of hydrogen-bond acceptors (Lipinski definition) is 3. The van der Waals surface area contributed by atoms with Gasteiger partial charge in [-0.15, -0.1) is 11.3 Å². The Morgan fingerprint density at radius 3 is 2.65 bits per heavy atom. The molecule has 0 fully saturated rings. The molecule has 3 heteroatoms. The van der Waals surface area contributed by atoms with Gasteiger partial charge >= 0.3 is 0 Å². The summed E-state index contributed by atoms with van der Waals surface area (Å²) in [6.45, 7) is 6.49. The van der Waals surface area contributed by atoms with Crippen molar-refractivity contribution < 1.29 is 0 Å². The molecule has 1 heterocycles. The number of thiazole rings is 1. The minimum Gasteiger partial charge on any atom is -0.312 e. The third kappa shape index (κ3) is 4.43. The number of nitrogens with zero attached hydrogens (tertiary/aromatic N) is 1. The molecule has 1 aromatic heterocycles. The second kappa shape index (κ2) is 8.18. The van der Waals surface area contributed by atoms with E-state index in [-0.39, 0.29) is 0 Å². The highest BCUT2D eigenvalue weighted by Crippen LogP contribution is 2.21. The summed E-state index contributed by atoms with van der Waals surface area (Å²) in [4.78, 5) is 6.21. The summed E-state index contributed by atoms with van der Waals surface area (Å²) in [6, 6.07) is 10.6. The molecule has 0 atom stereocenters. The zero-order valence-corrected chi connectivity index (χ0v) is 13.3. The topological polar surface area (TPSA) is 24.9 Å². The highest BCUT2D eigenvalue weighted by Gasteiger charge is 2.09. The Morgan fingerprint density at radius 1 is 1.15 bits per heavy atom. The molecule has 0 aliphatic rings. The first kappa shape index (κ1) is 15.2. The van der Waals surface area contributed by atoms with E-state index in [2.05, 4.69) is 49.5 Å². The van der Waals surface area contributed by atoms with Crippen molar-refractivity contribution in [3.8, 4) is 0 Å². The Hall–Kier alpha value is -1.19. The van der Waals surface area contributed by atoms with Gasteiger partial charge < -0.3 is 5.32 Å². The molecule has 2 rings (SSSR count). The van der Waals surface area contributed by atoms with Crippen molar-refractivity contribution >= 4 is 11.3 Å². The van der Waals surface area contributed by atoms with Crippen molar-refractivity contribution in [3.05, 3.63) is 51.5 Å². The van der Waals surface area contributed by atoms with Gasteiger partial charge in [-0.2, -0.15) is 0 Å². The largest absolute Gasteiger partial charge is 0.312 e. The lowest BCUT2D eigenvalue weighted by Gasteiger charge is -2.02. The van der Waals surface area contributed by atoms with Crippen LogP contribution in [0.1, 0.15) is 47.8 Å². The Balaban J connectivity index is 1.99. The highest BCUT2D eigenvalue weighted by molar-refractivity contribution is 7.11. The van der Waals surface area contributed by atoms with Crippen molar-refractivity contribution in [2.75, 3.05) is 6.54 Å². The van der Waals surface area contributed by atoms with Crippen molar-refractivity contribution in [1.29, 1.82) is 0 Å². The third-order valence-electron chi connectivity index (χ3n) is 3.35. The molecular weight excluding hydrogens is 264 g/mol. The fourth-order valence-electron chi connectivity index (χ4n) is 2.20. The van der Waals surface area contributed by atoms with E-state index in [1.807, 2.05) is 11.3 Å². The average molecular weight is 288 g/mol. The Labute approximate surface area is 126 Å². The number of unbranched alkanes of at least 4 members (excludes halogenated alkanes) is 1. The minimum atomic E-state index is 0.952. The lowest BCUT2D eigenvalue weighted by Crippen LogP contribution is -2.14. The minimum absolute atomic E-state index is 0.952. The molecule has 0 aliphatic carbocycles. The third-order valence-corrected chi connectivity index (χ3v) is 4.45. The van der Waals surface area contributed by atoms with Crippen LogP contribution in [0, 0.1) is 0 Å². The molecule has 2 aromatic rings. The van der Waals surface area contributed by atoms with Crippen LogP contribution < -0.4 is 5.32 Å². The Kier molecular flexibility index (Phi) is 6.22. The van der Waals surface area contributed by atoms with Crippen LogP contribution in [-0.2, 0) is 19.4 Å². The van der Waals surface area contributed by atoms with Gasteiger partial charge in [0.2, 0.25) is 0 Å². The number of hydrogen-bond donors (Lipinski definition) is 1. The molecule has 1 N–H and O–H groups in total. The van der Waals surface area contributed by atoms with Crippen LogP contribution in [-0.4, -0.2) is 11.5 Å². The number of rotatable bonds is 8. The van der Waals surface area contributed by atoms with E-state index < -0.39 is 0 Å². The lowest BCUT2D eigenvalue weighted by atomic mass is 10.2. The highest BCUT2D eigenvalue weighted by atomic mass is 32.1. The molecule has 108 valence electrons. The van der Waals surface area contributed by atoms with Gasteiger partial charge in [-0.1, -0.05) is 50.6 Å². The van der Waals surface area contributed by atoms with Crippen LogP contribution in [0.2, 0.25) is 0 Å². The van der Waals surface area contributed by atoms with Gasteiger partial charge in [-0.3, -0.25) is 0 Å². The molecule has 2 nitrogen and oxygen atoms in total. The second-order valence-corrected chi connectivity index (χ2v) is 6.19. The fourth-order valence-corrected chi connectivity index (χ4v) is 3.36. The maximum absolute atomic E-state index is 4.80. The van der Waals surface area contributed by atoms with Gasteiger partial charge in [0.05, 0.1) is 10.7 Å². The number of aromatic nitrogens is 1. The molecule has 0 saturated carbocycles. The average Bonchev–Trinajstić information content (AvgIpc) is 2.86. The standard InChI is InChI=1S/C17H24N2S/c1-3-5-11-18-13-16-15(4-2)19-17(20-16)12-14-9-7-6-8-10-14/h6-10,18H,3-5,11-13H2,1-2H3. The SMILES string of the molecule is CCCCNCc1sc(Cc2ccccc2)nc1CC. The van der Waals surface area contributed by atoms with Crippen LogP contribution in [0.15, 0.2) is 30.3 Å². The van der Waals surface area contributed by atoms with E-state index in [9.17, 15) is 0 Å². The first-order chi connectivity index (χ1) is 9.83. The van der Waals surface area contributed by atoms with Gasteiger partial charge in [0.1, 0.15) is 0 Å². The zero-order chi connectivity index (χ0) is 14.2. The van der Waals surface area contributed by atoms with E-state index in [0.29, 0.717) is 0 Å². The molecule has 0 bridgehead atoms. The second-order valence-electron chi connectivity index (χ2n) is 5.02. The van der Waals surface area contributed by atoms with E-state index in [1.54, 1.807) is 0 Å². The number of benzene rings is 1. The van der Waals surface area contributed by atoms with E-state index in [4.69, 9.17) is 4.98 Å². The molecule has 20 heavy (non-hydrogen) atoms. The van der Waals surface area contributed by atoms with Crippen molar-refractivity contribution in [1.82, 2.24) is 10.3 Å². The van der Waals surface area contributed by atoms with Crippen molar-refractivity contribution in [3.63, 3.8) is 0 Å². The molecule has 0 spiro atoms. The summed E-state index contributed by atoms with van der Waals surface area (Å²) in [6.07, 6.45) is 4.47. The molecular formula is C17H24N2S. The van der Waals surface area contributed by atoms with Crippen LogP contribution >= 0.6 is 11.3 Å². The van der Waals surface area contributed by atoms with E-state index >= 15 is 0 Å². The zero-order valence-electron chi connectivity index (χ0n) is 12.5. The lowest BCUT2D eigenvalue weighted by molar-refractivity contribution is 0.642. The molecule has 0 unspecified atom stereocenters. The van der Waals surface area contributed by atoms with Crippen LogP contribution in [0.4, 0.5) is 0 Å². The molecule has 0 radical (unpaired) electrons. The number of aryl methyl sites for hydroxylation is 1. The monoisotopic (exact) mass is 288 g/mol. The van der Waals surface area contributed by atoms with Crippen LogP contribution in [0.3, 0.4) is 0 Å². The maximum atomic E-state index is 4.80. The van der Waals surface area contributed by atoms with E-state index in [1.165, 1.54) is 34.0 Å². The first-order valence-electron chi connectivity index (χ1n) is 7.55. The van der Waals surface area contributed by atoms with Crippen molar-refractivity contribution in [2.24, 2.45) is 0 Å². The quantitative estimate of drug-likeness (QED) is 0.737. The van der Waals surface area contributed by atoms with Crippen LogP contribution in [0.5, 0.6) is 0 Å². The summed E-state index contributed by atoms with van der Waals surface area (Å²) in [7, 11) is 0. The summed E-state index contributed by atoms with van der Waals surface area (Å²) >= 11 is 1.86. The summed E-state index contributed by atoms with van der Waals surface area (Å²) in [5.74, 6) is 0. The molecule has 0 amide bonds. The maximum Gasteiger partial charge on any atom is 0.0975 e. The smallest absolute Gasteiger partial charge is 0.0975 e. The molecule has 0 aliphatic heterocycles. The van der Waals surface area contributed by atoms with Gasteiger partial charge in [0, 0.05) is 17.8 Å². The number of nitrogens with one attached hydrogen (secondary N) is 1. The van der Waals surface area contributed by atoms with E-state index in [0.717, 1.165) is 25.9 Å². The predicted molar refractivity (Wildman–Crippen MR) is 87.4 cm³/mol. The summed E-state index contributed by atoms with van der Waals surface area (Å²) < 4.78 is 0. The Morgan fingerprint density at radius 2 is 1.95 bits per heavy atom. The first-order valence-corrected chi connectivity index (χ1v) is 8.37. The van der Waals surface area contributed by atoms with Crippen molar-refractivity contribution in [2.45, 2.75) is 46.1 Å².